The lowest BCUT2D eigenvalue weighted by atomic mass is 9.96. The fourth-order valence-corrected chi connectivity index (χ4v) is 3.95. The number of aliphatic hydroxyl groups excluding tert-OH is 1. The summed E-state index contributed by atoms with van der Waals surface area (Å²) in [7, 11) is 0. The molecule has 0 unspecified atom stereocenters. The summed E-state index contributed by atoms with van der Waals surface area (Å²) in [5.74, 6) is -1.19. The zero-order valence-corrected chi connectivity index (χ0v) is 16.2. The Labute approximate surface area is 169 Å². The minimum Gasteiger partial charge on any atom is -0.475 e. The lowest BCUT2D eigenvalue weighted by Gasteiger charge is -2.30. The zero-order chi connectivity index (χ0) is 21.1. The van der Waals surface area contributed by atoms with Gasteiger partial charge in [-0.05, 0) is 37.1 Å². The van der Waals surface area contributed by atoms with Gasteiger partial charge in [-0.1, -0.05) is 11.6 Å². The van der Waals surface area contributed by atoms with Gasteiger partial charge in [-0.3, -0.25) is 0 Å². The minimum absolute atomic E-state index is 0.00475. The van der Waals surface area contributed by atoms with Crippen LogP contribution in [0.2, 0.25) is 5.02 Å². The van der Waals surface area contributed by atoms with Crippen LogP contribution in [0.15, 0.2) is 11.6 Å². The highest BCUT2D eigenvalue weighted by molar-refractivity contribution is 6.32. The molecule has 0 spiro atoms. The van der Waals surface area contributed by atoms with Crippen molar-refractivity contribution in [3.05, 3.63) is 33.4 Å². The van der Waals surface area contributed by atoms with Crippen molar-refractivity contribution in [3.63, 3.8) is 0 Å². The Morgan fingerprint density at radius 2 is 1.93 bits per heavy atom. The van der Waals surface area contributed by atoms with Crippen LogP contribution in [0, 0.1) is 13.8 Å². The second kappa shape index (κ2) is 7.16. The third-order valence-corrected chi connectivity index (χ3v) is 5.87. The molecule has 0 radical (unpaired) electrons. The van der Waals surface area contributed by atoms with Crippen LogP contribution in [0.5, 0.6) is 5.75 Å². The van der Waals surface area contributed by atoms with E-state index in [0.29, 0.717) is 21.7 Å². The molecular formula is C19H18ClF3O6. The van der Waals surface area contributed by atoms with E-state index in [1.54, 1.807) is 13.8 Å². The molecule has 0 amide bonds. The number of benzene rings is 1. The number of fused-ring (bicyclic) bond motifs is 2. The number of rotatable bonds is 2. The van der Waals surface area contributed by atoms with Crippen LogP contribution in [-0.4, -0.2) is 61.0 Å². The van der Waals surface area contributed by atoms with E-state index < -0.39 is 48.2 Å². The Morgan fingerprint density at radius 1 is 1.24 bits per heavy atom. The number of ether oxygens (including phenoxy) is 4. The van der Waals surface area contributed by atoms with Crippen LogP contribution in [0.25, 0.3) is 6.08 Å². The van der Waals surface area contributed by atoms with Gasteiger partial charge in [0, 0.05) is 10.6 Å². The summed E-state index contributed by atoms with van der Waals surface area (Å²) in [6, 6.07) is 1.41. The number of carbonyl (C=O) groups excluding carboxylic acids is 1. The molecule has 1 aromatic carbocycles. The molecule has 10 heteroatoms. The molecule has 158 valence electrons. The number of carbonyl (C=O) groups is 1. The van der Waals surface area contributed by atoms with E-state index in [-0.39, 0.29) is 19.0 Å². The SMILES string of the molecule is Cc1cc2c(c(C)c1Cl)C=C(C(=O)O[C@H]1CO[C@H]3[C@@H]1OC[C@H]3O)[C@@H](C(F)(F)F)O2. The fraction of sp³-hybridized carbons (Fsp3) is 0.526. The first-order valence-corrected chi connectivity index (χ1v) is 9.32. The molecule has 1 N–H and O–H groups in total. The van der Waals surface area contributed by atoms with Gasteiger partial charge in [0.2, 0.25) is 6.10 Å². The van der Waals surface area contributed by atoms with Crippen molar-refractivity contribution in [2.45, 2.75) is 50.5 Å². The number of alkyl halides is 3. The highest BCUT2D eigenvalue weighted by Crippen LogP contribution is 2.42. The lowest BCUT2D eigenvalue weighted by Crippen LogP contribution is -2.42. The maximum atomic E-state index is 13.6. The van der Waals surface area contributed by atoms with E-state index in [1.807, 2.05) is 0 Å². The van der Waals surface area contributed by atoms with Crippen molar-refractivity contribution < 1.29 is 42.0 Å². The van der Waals surface area contributed by atoms with Crippen molar-refractivity contribution in [1.82, 2.24) is 0 Å². The molecule has 3 heterocycles. The molecule has 3 aliphatic rings. The van der Waals surface area contributed by atoms with Crippen LogP contribution in [0.4, 0.5) is 13.2 Å². The van der Waals surface area contributed by atoms with E-state index in [9.17, 15) is 23.1 Å². The molecule has 0 aliphatic carbocycles. The average Bonchev–Trinajstić information content (AvgIpc) is 3.21. The van der Waals surface area contributed by atoms with Gasteiger partial charge in [-0.15, -0.1) is 0 Å². The quantitative estimate of drug-likeness (QED) is 0.722. The molecule has 1 aromatic rings. The van der Waals surface area contributed by atoms with Crippen LogP contribution in [0.1, 0.15) is 16.7 Å². The van der Waals surface area contributed by atoms with Gasteiger partial charge in [0.15, 0.2) is 6.10 Å². The van der Waals surface area contributed by atoms with E-state index in [4.69, 9.17) is 30.5 Å². The molecule has 2 saturated heterocycles. The van der Waals surface area contributed by atoms with Crippen molar-refractivity contribution in [2.75, 3.05) is 13.2 Å². The monoisotopic (exact) mass is 434 g/mol. The second-order valence-corrected chi connectivity index (χ2v) is 7.67. The number of hydrogen-bond donors (Lipinski definition) is 1. The summed E-state index contributed by atoms with van der Waals surface area (Å²) in [6.45, 7) is 3.21. The smallest absolute Gasteiger partial charge is 0.430 e. The van der Waals surface area contributed by atoms with Crippen LogP contribution in [0.3, 0.4) is 0 Å². The Bertz CT molecular complexity index is 884. The highest BCUT2D eigenvalue weighted by Gasteiger charge is 2.52. The molecule has 0 saturated carbocycles. The standard InChI is InChI=1S/C19H18ClF3O6/c1-7-3-12-9(8(2)14(7)20)4-10(17(28-12)19(21,22)23)18(25)29-13-6-27-15-11(24)5-26-16(13)15/h3-4,11,13,15-17,24H,5-6H2,1-2H3/t11-,13+,15-,16-,17+/m1/s1. The van der Waals surface area contributed by atoms with Crippen LogP contribution in [-0.2, 0) is 19.0 Å². The summed E-state index contributed by atoms with van der Waals surface area (Å²) >= 11 is 6.20. The van der Waals surface area contributed by atoms with Crippen molar-refractivity contribution >= 4 is 23.6 Å². The zero-order valence-electron chi connectivity index (χ0n) is 15.5. The van der Waals surface area contributed by atoms with Gasteiger partial charge < -0.3 is 24.1 Å². The molecule has 4 rings (SSSR count). The molecule has 6 nitrogen and oxygen atoms in total. The summed E-state index contributed by atoms with van der Waals surface area (Å²) < 4.78 is 62.0. The fourth-order valence-electron chi connectivity index (χ4n) is 3.79. The van der Waals surface area contributed by atoms with E-state index in [1.165, 1.54) is 6.07 Å². The first-order chi connectivity index (χ1) is 13.6. The van der Waals surface area contributed by atoms with E-state index in [0.717, 1.165) is 6.08 Å². The largest absolute Gasteiger partial charge is 0.475 e. The van der Waals surface area contributed by atoms with E-state index >= 15 is 0 Å². The predicted molar refractivity (Wildman–Crippen MR) is 94.7 cm³/mol. The van der Waals surface area contributed by atoms with Crippen LogP contribution >= 0.6 is 11.6 Å². The van der Waals surface area contributed by atoms with Gasteiger partial charge in [-0.25, -0.2) is 4.79 Å². The number of hydrogen-bond acceptors (Lipinski definition) is 6. The molecule has 29 heavy (non-hydrogen) atoms. The summed E-state index contributed by atoms with van der Waals surface area (Å²) in [6.07, 6.45) is -9.40. The molecule has 0 bridgehead atoms. The van der Waals surface area contributed by atoms with Gasteiger partial charge in [-0.2, -0.15) is 13.2 Å². The third-order valence-electron chi connectivity index (χ3n) is 5.29. The second-order valence-electron chi connectivity index (χ2n) is 7.29. The summed E-state index contributed by atoms with van der Waals surface area (Å²) in [5.41, 5.74) is 0.671. The predicted octanol–water partition coefficient (Wildman–Crippen LogP) is 2.73. The highest BCUT2D eigenvalue weighted by atomic mass is 35.5. The van der Waals surface area contributed by atoms with E-state index in [2.05, 4.69) is 0 Å². The Balaban J connectivity index is 1.66. The molecule has 3 aliphatic heterocycles. The van der Waals surface area contributed by atoms with Gasteiger partial charge in [0.1, 0.15) is 24.1 Å². The average molecular weight is 435 g/mol. The Morgan fingerprint density at radius 3 is 2.62 bits per heavy atom. The van der Waals surface area contributed by atoms with Crippen molar-refractivity contribution in [1.29, 1.82) is 0 Å². The molecule has 5 atom stereocenters. The maximum Gasteiger partial charge on any atom is 0.430 e. The topological polar surface area (TPSA) is 74.2 Å². The van der Waals surface area contributed by atoms with Crippen molar-refractivity contribution in [2.24, 2.45) is 0 Å². The van der Waals surface area contributed by atoms with Crippen LogP contribution < -0.4 is 4.74 Å². The van der Waals surface area contributed by atoms with Gasteiger partial charge in [0.05, 0.1) is 18.8 Å². The normalized spacial score (nSPS) is 31.0. The number of esters is 1. The first-order valence-electron chi connectivity index (χ1n) is 8.95. The number of aryl methyl sites for hydroxylation is 1. The lowest BCUT2D eigenvalue weighted by molar-refractivity contribution is -0.189. The van der Waals surface area contributed by atoms with Crippen molar-refractivity contribution in [3.8, 4) is 5.75 Å². The Kier molecular flexibility index (Phi) is 5.05. The van der Waals surface area contributed by atoms with Gasteiger partial charge in [0.25, 0.3) is 0 Å². The molecule has 0 aromatic heterocycles. The maximum absolute atomic E-state index is 13.6. The number of aliphatic hydroxyl groups is 1. The first kappa shape index (κ1) is 20.5. The molecule has 2 fully saturated rings. The molecular weight excluding hydrogens is 417 g/mol. The summed E-state index contributed by atoms with van der Waals surface area (Å²) in [4.78, 5) is 12.7. The van der Waals surface area contributed by atoms with Gasteiger partial charge >= 0.3 is 12.1 Å². The Hall–Kier alpha value is -1.81. The number of halogens is 4. The summed E-state index contributed by atoms with van der Waals surface area (Å²) in [5, 5.41) is 10.1. The third kappa shape index (κ3) is 3.50. The minimum atomic E-state index is -4.83.